The second-order valence-electron chi connectivity index (χ2n) is 16.9. The number of hydrogen-bond donors (Lipinski definition) is 3. The van der Waals surface area contributed by atoms with Crippen molar-refractivity contribution in [3.63, 3.8) is 0 Å². The van der Waals surface area contributed by atoms with Gasteiger partial charge in [-0.25, -0.2) is 4.79 Å². The molecular formula is C39H54O6. The number of hydrogen-bond acceptors (Lipinski definition) is 5. The third-order valence-corrected chi connectivity index (χ3v) is 14.7. The molecule has 4 saturated carbocycles. The number of fused-ring (bicyclic) bond motifs is 7. The lowest BCUT2D eigenvalue weighted by molar-refractivity contribution is -0.237. The highest BCUT2D eigenvalue weighted by atomic mass is 16.6. The van der Waals surface area contributed by atoms with E-state index in [1.54, 1.807) is 30.3 Å². The van der Waals surface area contributed by atoms with Crippen molar-refractivity contribution in [2.75, 3.05) is 0 Å². The summed E-state index contributed by atoms with van der Waals surface area (Å²) < 4.78 is 6.05. The molecule has 0 aromatic heterocycles. The first-order chi connectivity index (χ1) is 21.0. The van der Waals surface area contributed by atoms with Gasteiger partial charge in [0.15, 0.2) is 0 Å². The Hall–Kier alpha value is -2.60. The number of aromatic hydroxyl groups is 1. The molecule has 1 aromatic carbocycles. The summed E-state index contributed by atoms with van der Waals surface area (Å²) in [5.41, 5.74) is 1.82. The van der Waals surface area contributed by atoms with Crippen molar-refractivity contribution in [2.45, 2.75) is 106 Å². The molecule has 3 N–H and O–H groups in total. The SMILES string of the molecule is C[C@H]1[C@H](C)C[C@@H](C(=O)O)C2CC[C@]3(C)C(=CCC4C5(C)C[C@@H](O)[C@@H](OC(=O)C=Cc6ccc(O)cc6)C(C)(C)C5CC[C@]43C)[C@@H]21. The second-order valence-corrected chi connectivity index (χ2v) is 16.9. The van der Waals surface area contributed by atoms with E-state index >= 15 is 0 Å². The first-order valence-corrected chi connectivity index (χ1v) is 17.3. The Morgan fingerprint density at radius 2 is 1.67 bits per heavy atom. The molecule has 4 unspecified atom stereocenters. The van der Waals surface area contributed by atoms with Gasteiger partial charge < -0.3 is 20.1 Å². The first-order valence-electron chi connectivity index (χ1n) is 17.3. The molecule has 6 heteroatoms. The zero-order valence-electron chi connectivity index (χ0n) is 28.3. The van der Waals surface area contributed by atoms with E-state index < -0.39 is 29.6 Å². The van der Waals surface area contributed by atoms with E-state index in [1.807, 2.05) is 0 Å². The number of benzene rings is 1. The van der Waals surface area contributed by atoms with E-state index in [0.717, 1.165) is 44.1 Å². The molecule has 0 heterocycles. The highest BCUT2D eigenvalue weighted by Gasteiger charge is 2.69. The smallest absolute Gasteiger partial charge is 0.331 e. The van der Waals surface area contributed by atoms with Crippen LogP contribution < -0.4 is 0 Å². The number of esters is 1. The predicted octanol–water partition coefficient (Wildman–Crippen LogP) is 7.89. The molecule has 0 spiro atoms. The van der Waals surface area contributed by atoms with Gasteiger partial charge in [-0.15, -0.1) is 0 Å². The largest absolute Gasteiger partial charge is 0.508 e. The number of carboxylic acid groups (broad SMARTS) is 1. The van der Waals surface area contributed by atoms with E-state index in [4.69, 9.17) is 4.74 Å². The van der Waals surface area contributed by atoms with Crippen LogP contribution in [0.4, 0.5) is 0 Å². The van der Waals surface area contributed by atoms with Crippen LogP contribution in [0.25, 0.3) is 6.08 Å². The summed E-state index contributed by atoms with van der Waals surface area (Å²) in [6.07, 6.45) is 10.7. The Labute approximate surface area is 269 Å². The molecule has 246 valence electrons. The maximum absolute atomic E-state index is 13.0. The van der Waals surface area contributed by atoms with Crippen molar-refractivity contribution in [1.29, 1.82) is 0 Å². The van der Waals surface area contributed by atoms with Crippen LogP contribution in [0.3, 0.4) is 0 Å². The summed E-state index contributed by atoms with van der Waals surface area (Å²) in [5, 5.41) is 31.5. The van der Waals surface area contributed by atoms with Crippen LogP contribution in [0.2, 0.25) is 0 Å². The number of allylic oxidation sites excluding steroid dienone is 2. The fourth-order valence-electron chi connectivity index (χ4n) is 12.2. The van der Waals surface area contributed by atoms with Gasteiger partial charge in [0.25, 0.3) is 0 Å². The molecule has 6 nitrogen and oxygen atoms in total. The van der Waals surface area contributed by atoms with Crippen molar-refractivity contribution in [3.05, 3.63) is 47.6 Å². The standard InChI is InChI=1S/C39H54O6/c1-22-20-27(35(43)44)26-16-18-38(6)28(33(26)23(22)2)13-14-31-37(5)21-29(41)34(36(3,4)30(37)17-19-39(31,38)7)45-32(42)15-10-24-8-11-25(40)12-9-24/h8-13,15,22-23,26-27,29-31,33-34,40-41H,14,16-21H2,1-7H3,(H,43,44)/t22-,23+,26?,27-,29-,30?,31?,33-,34-,37?,38-,39-/m1/s1. The molecule has 12 atom stereocenters. The minimum Gasteiger partial charge on any atom is -0.508 e. The number of carbonyl (C=O) groups excluding carboxylic acids is 1. The Balaban J connectivity index is 1.28. The zero-order valence-corrected chi connectivity index (χ0v) is 28.3. The van der Waals surface area contributed by atoms with E-state index in [0.29, 0.717) is 30.1 Å². The fraction of sp³-hybridized carbons (Fsp3) is 0.692. The number of carboxylic acids is 1. The number of phenols is 1. The number of aliphatic carboxylic acids is 1. The van der Waals surface area contributed by atoms with Gasteiger partial charge in [0.05, 0.1) is 12.0 Å². The lowest BCUT2D eigenvalue weighted by Gasteiger charge is -2.71. The summed E-state index contributed by atoms with van der Waals surface area (Å²) in [4.78, 5) is 25.4. The van der Waals surface area contributed by atoms with Gasteiger partial charge >= 0.3 is 11.9 Å². The van der Waals surface area contributed by atoms with Crippen molar-refractivity contribution in [2.24, 2.45) is 63.1 Å². The summed E-state index contributed by atoms with van der Waals surface area (Å²) in [7, 11) is 0. The molecule has 0 saturated heterocycles. The minimum atomic E-state index is -0.765. The van der Waals surface area contributed by atoms with Gasteiger partial charge in [-0.2, -0.15) is 0 Å². The van der Waals surface area contributed by atoms with Gasteiger partial charge in [-0.1, -0.05) is 72.2 Å². The summed E-state index contributed by atoms with van der Waals surface area (Å²) in [6.45, 7) is 16.4. The highest BCUT2D eigenvalue weighted by Crippen LogP contribution is 2.74. The molecule has 4 fully saturated rings. The Bertz CT molecular complexity index is 1390. The van der Waals surface area contributed by atoms with E-state index in [-0.39, 0.29) is 39.7 Å². The van der Waals surface area contributed by atoms with Gasteiger partial charge in [0.2, 0.25) is 0 Å². The van der Waals surface area contributed by atoms with Crippen molar-refractivity contribution in [3.8, 4) is 5.75 Å². The van der Waals surface area contributed by atoms with Crippen LogP contribution >= 0.6 is 0 Å². The average Bonchev–Trinajstić information content (AvgIpc) is 2.96. The predicted molar refractivity (Wildman–Crippen MR) is 175 cm³/mol. The number of ether oxygens (including phenoxy) is 1. The molecule has 0 amide bonds. The molecule has 6 rings (SSSR count). The van der Waals surface area contributed by atoms with E-state index in [2.05, 4.69) is 54.5 Å². The molecule has 0 aliphatic heterocycles. The molecule has 0 radical (unpaired) electrons. The number of phenolic OH excluding ortho intramolecular Hbond substituents is 1. The second kappa shape index (κ2) is 11.0. The fourth-order valence-corrected chi connectivity index (χ4v) is 12.2. The average molecular weight is 619 g/mol. The minimum absolute atomic E-state index is 0.00311. The number of carbonyl (C=O) groups is 2. The van der Waals surface area contributed by atoms with Gasteiger partial charge in [-0.05, 0) is 120 Å². The normalized spacial score (nSPS) is 45.3. The van der Waals surface area contributed by atoms with E-state index in [1.165, 1.54) is 11.6 Å². The lowest BCUT2D eigenvalue weighted by Crippen LogP contribution is -2.67. The Kier molecular flexibility index (Phi) is 7.90. The Morgan fingerprint density at radius 1 is 0.978 bits per heavy atom. The Morgan fingerprint density at radius 3 is 2.33 bits per heavy atom. The van der Waals surface area contributed by atoms with Crippen molar-refractivity contribution in [1.82, 2.24) is 0 Å². The van der Waals surface area contributed by atoms with Crippen molar-refractivity contribution >= 4 is 18.0 Å². The molecule has 5 aliphatic rings. The van der Waals surface area contributed by atoms with Crippen LogP contribution in [-0.4, -0.2) is 39.5 Å². The number of aliphatic hydroxyl groups is 1. The van der Waals surface area contributed by atoms with Crippen molar-refractivity contribution < 1.29 is 29.6 Å². The third kappa shape index (κ3) is 4.83. The topological polar surface area (TPSA) is 104 Å². The summed E-state index contributed by atoms with van der Waals surface area (Å²) >= 11 is 0. The van der Waals surface area contributed by atoms with Gasteiger partial charge in [0, 0.05) is 11.5 Å². The third-order valence-electron chi connectivity index (χ3n) is 14.7. The molecule has 45 heavy (non-hydrogen) atoms. The maximum Gasteiger partial charge on any atom is 0.331 e. The van der Waals surface area contributed by atoms with Crippen LogP contribution in [0.15, 0.2) is 42.0 Å². The monoisotopic (exact) mass is 618 g/mol. The van der Waals surface area contributed by atoms with Gasteiger partial charge in [0.1, 0.15) is 11.9 Å². The number of rotatable bonds is 4. The van der Waals surface area contributed by atoms with Crippen LogP contribution in [0.5, 0.6) is 5.75 Å². The summed E-state index contributed by atoms with van der Waals surface area (Å²) in [6, 6.07) is 6.63. The van der Waals surface area contributed by atoms with Gasteiger partial charge in [-0.3, -0.25) is 4.79 Å². The van der Waals surface area contributed by atoms with Crippen LogP contribution in [-0.2, 0) is 14.3 Å². The molecule has 1 aromatic rings. The first kappa shape index (κ1) is 32.3. The lowest BCUT2D eigenvalue weighted by atomic mass is 9.34. The highest BCUT2D eigenvalue weighted by molar-refractivity contribution is 5.87. The molecule has 5 aliphatic carbocycles. The zero-order chi connectivity index (χ0) is 32.7. The number of aliphatic hydroxyl groups excluding tert-OH is 1. The van der Waals surface area contributed by atoms with E-state index in [9.17, 15) is 24.9 Å². The summed E-state index contributed by atoms with van der Waals surface area (Å²) in [5.74, 6) is 0.889. The maximum atomic E-state index is 13.0. The quantitative estimate of drug-likeness (QED) is 0.180. The molecule has 0 bridgehead atoms. The van der Waals surface area contributed by atoms with Crippen LogP contribution in [0.1, 0.15) is 99.0 Å². The molecular weight excluding hydrogens is 564 g/mol. The van der Waals surface area contributed by atoms with Crippen LogP contribution in [0, 0.1) is 63.1 Å².